The Morgan fingerprint density at radius 1 is 1.02 bits per heavy atom. The van der Waals surface area contributed by atoms with Crippen molar-refractivity contribution in [2.24, 2.45) is 5.92 Å². The Morgan fingerprint density at radius 3 is 2.48 bits per heavy atom. The number of fused-ring (bicyclic) bond motifs is 2. The largest absolute Gasteiger partial charge is 0.369 e. The normalized spacial score (nSPS) is 30.0. The van der Waals surface area contributed by atoms with E-state index in [4.69, 9.17) is 28.4 Å². The van der Waals surface area contributed by atoms with Crippen molar-refractivity contribution in [2.75, 3.05) is 25.1 Å². The lowest BCUT2D eigenvalue weighted by molar-refractivity contribution is -0.0332. The second-order valence-corrected chi connectivity index (χ2v) is 11.1. The molecule has 10 atom stereocenters. The molecule has 21 heteroatoms. The van der Waals surface area contributed by atoms with Gasteiger partial charge in [-0.1, -0.05) is 0 Å². The Kier molecular flexibility index (Phi) is 8.53. The number of hydrogen-bond donors (Lipinski definition) is 4. The van der Waals surface area contributed by atoms with Gasteiger partial charge >= 0.3 is 0 Å². The van der Waals surface area contributed by atoms with E-state index < -0.39 is 60.1 Å². The Balaban J connectivity index is 1.11. The Labute approximate surface area is 243 Å². The van der Waals surface area contributed by atoms with Crippen LogP contribution in [0.4, 0.5) is 14.7 Å². The van der Waals surface area contributed by atoms with Crippen LogP contribution in [0, 0.1) is 5.92 Å². The Hall–Kier alpha value is -2.63. The molecular weight excluding hydrogens is 622 g/mol. The van der Waals surface area contributed by atoms with Crippen molar-refractivity contribution in [1.82, 2.24) is 39.0 Å². The van der Waals surface area contributed by atoms with Crippen molar-refractivity contribution in [2.45, 2.75) is 43.1 Å². The van der Waals surface area contributed by atoms with Crippen LogP contribution in [0.2, 0.25) is 0 Å². The molecule has 2 fully saturated rings. The van der Waals surface area contributed by atoms with Gasteiger partial charge in [0.05, 0.1) is 38.3 Å². The maximum atomic E-state index is 15.7. The third-order valence-electron chi connectivity index (χ3n) is 7.15. The van der Waals surface area contributed by atoms with Gasteiger partial charge in [-0.2, -0.15) is 4.98 Å². The van der Waals surface area contributed by atoms with E-state index in [0.717, 1.165) is 0 Å². The number of H-pyrrole nitrogens is 2. The van der Waals surface area contributed by atoms with E-state index in [0.29, 0.717) is 0 Å². The number of nitrogens with one attached hydrogen (secondary N) is 2. The van der Waals surface area contributed by atoms with E-state index in [1.807, 2.05) is 0 Å². The highest BCUT2D eigenvalue weighted by Gasteiger charge is 2.49. The smallest absolute Gasteiger partial charge is 0.280 e. The standard InChI is InChI=1S/C21H25F2N9O7P2S/c22-10-7(8(2-35-40)37-19(10)31-5-27-12-15(31)25-4-26-17(12)33)1-36-41-3-9-11(23)14(39-42)20(38-9)32-6-28-13-16(32)29-21(24)30-18(13)34/h4-11,14,19-20,41-42H,1-3,40H2,(H,25,26,33)(H3,24,29,30,34)/t7-,8-,9?,10+,11+,14-,19-,20-/m1/s1. The van der Waals surface area contributed by atoms with Crippen LogP contribution in [-0.4, -0.2) is 89.1 Å². The number of aromatic amines is 2. The van der Waals surface area contributed by atoms with E-state index in [1.54, 1.807) is 0 Å². The SMILES string of the molecule is Nc1nc2c(ncn2[C@@H]2OC(CPOC[C@H]3[C@H](F)[C@H](n4cnc5c(=O)[nH]cnc54)O[C@@H]3COP)[C@H](F)[C@H]2OS)c(=O)[nH]1. The zero-order valence-corrected chi connectivity index (χ0v) is 24.4. The molecule has 0 amide bonds. The summed E-state index contributed by atoms with van der Waals surface area (Å²) in [5, 5.41) is 0. The predicted molar refractivity (Wildman–Crippen MR) is 150 cm³/mol. The van der Waals surface area contributed by atoms with Crippen LogP contribution in [0.1, 0.15) is 12.5 Å². The molecule has 4 aromatic heterocycles. The molecule has 2 aliphatic rings. The minimum atomic E-state index is -1.61. The lowest BCUT2D eigenvalue weighted by Gasteiger charge is -2.19. The van der Waals surface area contributed by atoms with E-state index in [2.05, 4.69) is 52.3 Å². The van der Waals surface area contributed by atoms with Gasteiger partial charge in [-0.3, -0.25) is 23.7 Å². The molecule has 226 valence electrons. The van der Waals surface area contributed by atoms with Gasteiger partial charge in [-0.05, 0) is 12.9 Å². The zero-order valence-electron chi connectivity index (χ0n) is 21.4. The number of thiol groups is 1. The lowest BCUT2D eigenvalue weighted by Crippen LogP contribution is -2.30. The molecule has 0 saturated carbocycles. The van der Waals surface area contributed by atoms with Gasteiger partial charge in [-0.15, -0.1) is 0 Å². The number of nitrogens with zero attached hydrogens (tertiary/aromatic N) is 6. The summed E-state index contributed by atoms with van der Waals surface area (Å²) in [5.41, 5.74) is 4.99. The molecule has 2 aliphatic heterocycles. The van der Waals surface area contributed by atoms with Gasteiger partial charge in [0, 0.05) is 30.4 Å². The number of ether oxygens (including phenoxy) is 2. The minimum Gasteiger partial charge on any atom is -0.369 e. The highest BCUT2D eigenvalue weighted by molar-refractivity contribution is 7.75. The van der Waals surface area contributed by atoms with Gasteiger partial charge in [0.1, 0.15) is 6.10 Å². The van der Waals surface area contributed by atoms with Crippen molar-refractivity contribution in [3.8, 4) is 0 Å². The first kappa shape index (κ1) is 29.4. The van der Waals surface area contributed by atoms with Gasteiger partial charge in [0.2, 0.25) is 5.95 Å². The summed E-state index contributed by atoms with van der Waals surface area (Å²) < 4.78 is 61.6. The third-order valence-corrected chi connectivity index (χ3v) is 8.52. The maximum absolute atomic E-state index is 15.7. The number of rotatable bonds is 10. The number of nitrogens with two attached hydrogens (primary N) is 1. The molecule has 42 heavy (non-hydrogen) atoms. The lowest BCUT2D eigenvalue weighted by atomic mass is 10.0. The Bertz CT molecular complexity index is 1690. The number of hydrogen-bond acceptors (Lipinski definition) is 13. The summed E-state index contributed by atoms with van der Waals surface area (Å²) in [4.78, 5) is 45.2. The van der Waals surface area contributed by atoms with E-state index in [9.17, 15) is 9.59 Å². The molecule has 0 radical (unpaired) electrons. The van der Waals surface area contributed by atoms with Crippen LogP contribution >= 0.6 is 31.2 Å². The first-order chi connectivity index (χ1) is 20.3. The van der Waals surface area contributed by atoms with Crippen LogP contribution in [0.25, 0.3) is 22.3 Å². The van der Waals surface area contributed by atoms with Gasteiger partial charge in [0.15, 0.2) is 53.2 Å². The van der Waals surface area contributed by atoms with Crippen LogP contribution in [0.3, 0.4) is 0 Å². The number of halogens is 2. The number of anilines is 1. The molecule has 2 saturated heterocycles. The van der Waals surface area contributed by atoms with Crippen molar-refractivity contribution in [3.05, 3.63) is 39.7 Å². The fourth-order valence-electron chi connectivity index (χ4n) is 5.12. The van der Waals surface area contributed by atoms with Gasteiger partial charge in [-0.25, -0.2) is 23.7 Å². The minimum absolute atomic E-state index is 0.00271. The molecule has 3 unspecified atom stereocenters. The van der Waals surface area contributed by atoms with Crippen LogP contribution < -0.4 is 16.9 Å². The average molecular weight is 647 g/mol. The van der Waals surface area contributed by atoms with Crippen molar-refractivity contribution >= 4 is 59.5 Å². The summed E-state index contributed by atoms with van der Waals surface area (Å²) in [5.74, 6) is -0.888. The Morgan fingerprint density at radius 2 is 1.74 bits per heavy atom. The van der Waals surface area contributed by atoms with Crippen molar-refractivity contribution in [1.29, 1.82) is 0 Å². The number of alkyl halides is 2. The predicted octanol–water partition coefficient (Wildman–Crippen LogP) is 0.569. The van der Waals surface area contributed by atoms with E-state index in [-0.39, 0.29) is 56.5 Å². The summed E-state index contributed by atoms with van der Waals surface area (Å²) in [7, 11) is 1.82. The highest BCUT2D eigenvalue weighted by atomic mass is 32.1. The second kappa shape index (κ2) is 12.2. The summed E-state index contributed by atoms with van der Waals surface area (Å²) >= 11 is 3.82. The highest BCUT2D eigenvalue weighted by Crippen LogP contribution is 2.41. The maximum Gasteiger partial charge on any atom is 0.280 e. The van der Waals surface area contributed by atoms with Crippen molar-refractivity contribution < 1.29 is 31.5 Å². The first-order valence-corrected chi connectivity index (χ1v) is 14.5. The molecule has 16 nitrogen and oxygen atoms in total. The van der Waals surface area contributed by atoms with E-state index >= 15 is 8.78 Å². The van der Waals surface area contributed by atoms with Crippen molar-refractivity contribution in [3.63, 3.8) is 0 Å². The molecule has 6 heterocycles. The molecule has 6 rings (SSSR count). The summed E-state index contributed by atoms with van der Waals surface area (Å²) in [6.45, 7) is -0.00623. The molecular formula is C21H25F2N9O7P2S. The van der Waals surface area contributed by atoms with Crippen LogP contribution in [0.5, 0.6) is 0 Å². The molecule has 0 aliphatic carbocycles. The third kappa shape index (κ3) is 5.21. The van der Waals surface area contributed by atoms with Crippen LogP contribution in [0.15, 0.2) is 28.6 Å². The number of imidazole rings is 2. The second-order valence-electron chi connectivity index (χ2n) is 9.58. The molecule has 0 aromatic carbocycles. The zero-order chi connectivity index (χ0) is 29.5. The topological polar surface area (TPSA) is 199 Å². The summed E-state index contributed by atoms with van der Waals surface area (Å²) in [6.07, 6.45) is -4.24. The van der Waals surface area contributed by atoms with Gasteiger partial charge in [0.25, 0.3) is 11.1 Å². The quantitative estimate of drug-likeness (QED) is 0.0809. The molecule has 4 aromatic rings. The first-order valence-electron chi connectivity index (χ1n) is 12.5. The monoisotopic (exact) mass is 647 g/mol. The summed E-state index contributed by atoms with van der Waals surface area (Å²) in [6, 6.07) is 0. The molecule has 0 bridgehead atoms. The van der Waals surface area contributed by atoms with E-state index in [1.165, 1.54) is 28.1 Å². The fourth-order valence-corrected chi connectivity index (χ4v) is 6.44. The fraction of sp³-hybridized carbons (Fsp3) is 0.524. The number of aromatic nitrogens is 8. The average Bonchev–Trinajstić information content (AvgIpc) is 3.72. The van der Waals surface area contributed by atoms with Gasteiger partial charge < -0.3 is 33.4 Å². The molecule has 0 spiro atoms. The molecule has 4 N–H and O–H groups in total. The van der Waals surface area contributed by atoms with Crippen LogP contribution in [-0.2, 0) is 22.7 Å². The number of nitrogen functional groups attached to an aromatic ring is 1.